The minimum Gasteiger partial charge on any atom is -0.356 e. The molecule has 0 aromatic heterocycles. The van der Waals surface area contributed by atoms with Gasteiger partial charge in [0.25, 0.3) is 0 Å². The summed E-state index contributed by atoms with van der Waals surface area (Å²) in [6.45, 7) is 15.1. The first-order chi connectivity index (χ1) is 9.87. The molecule has 0 saturated heterocycles. The van der Waals surface area contributed by atoms with Crippen molar-refractivity contribution in [1.29, 1.82) is 0 Å². The third-order valence-corrected chi connectivity index (χ3v) is 4.49. The van der Waals surface area contributed by atoms with Gasteiger partial charge in [0.15, 0.2) is 0 Å². The van der Waals surface area contributed by atoms with E-state index in [0.717, 1.165) is 19.3 Å². The fourth-order valence-corrected chi connectivity index (χ4v) is 3.71. The molecule has 0 aromatic carbocycles. The molecular weight excluding hydrogens is 276 g/mol. The van der Waals surface area contributed by atoms with Crippen molar-refractivity contribution in [2.75, 3.05) is 6.54 Å². The van der Waals surface area contributed by atoms with Crippen LogP contribution < -0.4 is 10.6 Å². The van der Waals surface area contributed by atoms with Crippen LogP contribution in [0.25, 0.3) is 0 Å². The van der Waals surface area contributed by atoms with Gasteiger partial charge >= 0.3 is 0 Å². The Labute approximate surface area is 135 Å². The largest absolute Gasteiger partial charge is 0.356 e. The van der Waals surface area contributed by atoms with E-state index in [-0.39, 0.29) is 34.1 Å². The van der Waals surface area contributed by atoms with E-state index < -0.39 is 0 Å². The third kappa shape index (κ3) is 5.62. The fourth-order valence-electron chi connectivity index (χ4n) is 3.71. The minimum atomic E-state index is -0.367. The lowest BCUT2D eigenvalue weighted by atomic mass is 9.62. The van der Waals surface area contributed by atoms with Gasteiger partial charge in [-0.25, -0.2) is 0 Å². The highest BCUT2D eigenvalue weighted by molar-refractivity contribution is 5.81. The van der Waals surface area contributed by atoms with Gasteiger partial charge in [0.2, 0.25) is 11.8 Å². The molecule has 128 valence electrons. The van der Waals surface area contributed by atoms with Crippen molar-refractivity contribution in [1.82, 2.24) is 10.6 Å². The van der Waals surface area contributed by atoms with Crippen LogP contribution in [0.5, 0.6) is 0 Å². The van der Waals surface area contributed by atoms with Crippen LogP contribution in [0.15, 0.2) is 0 Å². The summed E-state index contributed by atoms with van der Waals surface area (Å²) in [6.07, 6.45) is 3.49. The van der Waals surface area contributed by atoms with Gasteiger partial charge in [0.1, 0.15) is 0 Å². The lowest BCUT2D eigenvalue weighted by Gasteiger charge is -2.47. The highest BCUT2D eigenvalue weighted by Gasteiger charge is 2.42. The second-order valence-electron chi connectivity index (χ2n) is 9.11. The van der Waals surface area contributed by atoms with Crippen molar-refractivity contribution in [3.8, 4) is 0 Å². The van der Waals surface area contributed by atoms with Crippen LogP contribution in [0.4, 0.5) is 0 Å². The molecular formula is C18H34N2O2. The number of carbonyl (C=O) groups excluding carboxylic acids is 2. The molecule has 2 N–H and O–H groups in total. The topological polar surface area (TPSA) is 58.2 Å². The number of nitrogens with one attached hydrogen (secondary N) is 2. The smallest absolute Gasteiger partial charge is 0.225 e. The van der Waals surface area contributed by atoms with Crippen molar-refractivity contribution in [2.45, 2.75) is 80.2 Å². The molecule has 1 rings (SSSR count). The van der Waals surface area contributed by atoms with Crippen molar-refractivity contribution < 1.29 is 9.59 Å². The molecule has 0 bridgehead atoms. The molecule has 0 radical (unpaired) electrons. The van der Waals surface area contributed by atoms with Gasteiger partial charge in [0.05, 0.1) is 0 Å². The van der Waals surface area contributed by atoms with E-state index in [9.17, 15) is 9.59 Å². The van der Waals surface area contributed by atoms with Crippen LogP contribution in [0.3, 0.4) is 0 Å². The van der Waals surface area contributed by atoms with Gasteiger partial charge in [-0.05, 0) is 30.1 Å². The van der Waals surface area contributed by atoms with Crippen molar-refractivity contribution in [2.24, 2.45) is 16.2 Å². The summed E-state index contributed by atoms with van der Waals surface area (Å²) < 4.78 is 0. The Morgan fingerprint density at radius 1 is 1.14 bits per heavy atom. The van der Waals surface area contributed by atoms with Gasteiger partial charge in [-0.15, -0.1) is 0 Å². The van der Waals surface area contributed by atoms with Crippen LogP contribution >= 0.6 is 0 Å². The molecule has 2 amide bonds. The molecule has 4 nitrogen and oxygen atoms in total. The molecule has 0 spiro atoms. The van der Waals surface area contributed by atoms with Gasteiger partial charge in [-0.2, -0.15) is 0 Å². The van der Waals surface area contributed by atoms with E-state index in [4.69, 9.17) is 0 Å². The van der Waals surface area contributed by atoms with Gasteiger partial charge in [-0.1, -0.05) is 48.5 Å². The average molecular weight is 310 g/mol. The number of rotatable bonds is 4. The second-order valence-corrected chi connectivity index (χ2v) is 9.11. The van der Waals surface area contributed by atoms with Crippen molar-refractivity contribution in [3.63, 3.8) is 0 Å². The zero-order valence-corrected chi connectivity index (χ0v) is 15.4. The maximum absolute atomic E-state index is 12.3. The van der Waals surface area contributed by atoms with E-state index in [1.54, 1.807) is 0 Å². The quantitative estimate of drug-likeness (QED) is 0.837. The summed E-state index contributed by atoms with van der Waals surface area (Å²) in [6, 6.07) is 0.180. The first kappa shape index (κ1) is 19.0. The van der Waals surface area contributed by atoms with E-state index in [0.29, 0.717) is 13.0 Å². The highest BCUT2D eigenvalue weighted by atomic mass is 16.2. The summed E-state index contributed by atoms with van der Waals surface area (Å²) in [5.41, 5.74) is -0.170. The van der Waals surface area contributed by atoms with Gasteiger partial charge in [-0.3, -0.25) is 9.59 Å². The van der Waals surface area contributed by atoms with Gasteiger partial charge < -0.3 is 10.6 Å². The number of amides is 2. The first-order valence-electron chi connectivity index (χ1n) is 8.45. The Bertz CT molecular complexity index is 423. The number of hydrogen-bond acceptors (Lipinski definition) is 2. The maximum Gasteiger partial charge on any atom is 0.225 e. The number of carbonyl (C=O) groups is 2. The minimum absolute atomic E-state index is 0.0302. The van der Waals surface area contributed by atoms with E-state index in [2.05, 4.69) is 31.4 Å². The van der Waals surface area contributed by atoms with E-state index in [1.807, 2.05) is 27.7 Å². The summed E-state index contributed by atoms with van der Waals surface area (Å²) in [5, 5.41) is 6.25. The Balaban J connectivity index is 2.76. The van der Waals surface area contributed by atoms with Crippen molar-refractivity contribution in [3.05, 3.63) is 0 Å². The molecule has 22 heavy (non-hydrogen) atoms. The van der Waals surface area contributed by atoms with Crippen LogP contribution in [-0.2, 0) is 9.59 Å². The molecule has 1 aliphatic rings. The average Bonchev–Trinajstić information content (AvgIpc) is 2.32. The highest BCUT2D eigenvalue weighted by Crippen LogP contribution is 2.45. The van der Waals surface area contributed by atoms with Crippen molar-refractivity contribution >= 4 is 11.8 Å². The van der Waals surface area contributed by atoms with Crippen LogP contribution in [-0.4, -0.2) is 24.4 Å². The Morgan fingerprint density at radius 2 is 1.73 bits per heavy atom. The Morgan fingerprint density at radius 3 is 2.23 bits per heavy atom. The molecule has 2 atom stereocenters. The third-order valence-electron chi connectivity index (χ3n) is 4.49. The maximum atomic E-state index is 12.3. The lowest BCUT2D eigenvalue weighted by molar-refractivity contribution is -0.130. The molecule has 2 unspecified atom stereocenters. The summed E-state index contributed by atoms with van der Waals surface area (Å²) >= 11 is 0. The monoisotopic (exact) mass is 310 g/mol. The zero-order chi connectivity index (χ0) is 17.2. The molecule has 1 aliphatic carbocycles. The molecule has 0 aromatic rings. The first-order valence-corrected chi connectivity index (χ1v) is 8.45. The molecule has 1 saturated carbocycles. The Hall–Kier alpha value is -1.06. The van der Waals surface area contributed by atoms with Crippen LogP contribution in [0.2, 0.25) is 0 Å². The SMILES string of the molecule is CCC(=O)NCC1(C)CC(NC(=O)C(C)(C)C)CC(C)(C)C1. The lowest BCUT2D eigenvalue weighted by Crippen LogP contribution is -2.52. The van der Waals surface area contributed by atoms with Crippen LogP contribution in [0.1, 0.15) is 74.1 Å². The molecule has 4 heteroatoms. The second kappa shape index (κ2) is 6.59. The van der Waals surface area contributed by atoms with E-state index in [1.165, 1.54) is 0 Å². The molecule has 0 aliphatic heterocycles. The normalized spacial score (nSPS) is 28.0. The molecule has 1 fully saturated rings. The summed E-state index contributed by atoms with van der Waals surface area (Å²) in [5.74, 6) is 0.204. The zero-order valence-electron chi connectivity index (χ0n) is 15.4. The Kier molecular flexibility index (Phi) is 5.69. The summed E-state index contributed by atoms with van der Waals surface area (Å²) in [4.78, 5) is 23.9. The predicted octanol–water partition coefficient (Wildman–Crippen LogP) is 3.26. The van der Waals surface area contributed by atoms with Gasteiger partial charge in [0, 0.05) is 24.4 Å². The molecule has 0 heterocycles. The van der Waals surface area contributed by atoms with E-state index >= 15 is 0 Å². The standard InChI is InChI=1S/C18H34N2O2/c1-8-14(21)19-12-18(7)10-13(9-17(5,6)11-18)20-15(22)16(2,3)4/h13H,8-12H2,1-7H3,(H,19,21)(H,20,22). The number of hydrogen-bond donors (Lipinski definition) is 2. The predicted molar refractivity (Wildman–Crippen MR) is 90.4 cm³/mol. The fraction of sp³-hybridized carbons (Fsp3) is 0.889. The van der Waals surface area contributed by atoms with Crippen LogP contribution in [0, 0.1) is 16.2 Å². The summed E-state index contributed by atoms with van der Waals surface area (Å²) in [7, 11) is 0.